The molecule has 1 aromatic rings. The van der Waals surface area contributed by atoms with E-state index < -0.39 is 0 Å². The molecule has 0 aliphatic carbocycles. The highest BCUT2D eigenvalue weighted by atomic mass is 16.6. The number of ether oxygens (including phenoxy) is 3. The highest BCUT2D eigenvalue weighted by molar-refractivity contribution is 5.71. The first kappa shape index (κ1) is 18.7. The Morgan fingerprint density at radius 2 is 1.83 bits per heavy atom. The first-order chi connectivity index (χ1) is 11.3. The Balaban J connectivity index is 1.72. The van der Waals surface area contributed by atoms with E-state index in [1.807, 2.05) is 31.2 Å². The molecule has 5 nitrogen and oxygen atoms in total. The van der Waals surface area contributed by atoms with Crippen molar-refractivity contribution < 1.29 is 19.0 Å². The van der Waals surface area contributed by atoms with Crippen LogP contribution < -0.4 is 4.74 Å². The van der Waals surface area contributed by atoms with Gasteiger partial charge in [-0.15, -0.1) is 0 Å². The van der Waals surface area contributed by atoms with Crippen molar-refractivity contribution in [1.82, 2.24) is 4.90 Å². The first-order valence-corrected chi connectivity index (χ1v) is 8.57. The van der Waals surface area contributed by atoms with Crippen LogP contribution in [0.1, 0.15) is 33.3 Å². The summed E-state index contributed by atoms with van der Waals surface area (Å²) in [4.78, 5) is 14.1. The zero-order valence-electron chi connectivity index (χ0n) is 15.2. The van der Waals surface area contributed by atoms with Crippen LogP contribution in [0.4, 0.5) is 0 Å². The lowest BCUT2D eigenvalue weighted by Crippen LogP contribution is -2.41. The van der Waals surface area contributed by atoms with Gasteiger partial charge in [-0.25, -0.2) is 4.79 Å². The fourth-order valence-electron chi connectivity index (χ4n) is 2.64. The van der Waals surface area contributed by atoms with Crippen LogP contribution in [-0.2, 0) is 19.7 Å². The molecular weight excluding hydrogens is 306 g/mol. The molecule has 0 aromatic heterocycles. The van der Waals surface area contributed by atoms with Crippen molar-refractivity contribution in [2.24, 2.45) is 0 Å². The fraction of sp³-hybridized carbons (Fsp3) is 0.632. The van der Waals surface area contributed by atoms with Crippen LogP contribution in [0.5, 0.6) is 5.75 Å². The van der Waals surface area contributed by atoms with Crippen molar-refractivity contribution in [2.45, 2.75) is 39.2 Å². The molecule has 5 heteroatoms. The normalized spacial score (nSPS) is 17.3. The molecule has 0 unspecified atom stereocenters. The summed E-state index contributed by atoms with van der Waals surface area (Å²) in [5, 5.41) is 0. The zero-order valence-corrected chi connectivity index (χ0v) is 15.2. The Bertz CT molecular complexity index is 515. The van der Waals surface area contributed by atoms with Gasteiger partial charge in [0.25, 0.3) is 0 Å². The topological polar surface area (TPSA) is 48.0 Å². The van der Waals surface area contributed by atoms with Crippen LogP contribution in [0, 0.1) is 0 Å². The van der Waals surface area contributed by atoms with Crippen molar-refractivity contribution in [1.29, 1.82) is 0 Å². The molecule has 1 aliphatic heterocycles. The third-order valence-corrected chi connectivity index (χ3v) is 4.03. The second-order valence-electron chi connectivity index (χ2n) is 7.28. The third kappa shape index (κ3) is 6.13. The second kappa shape index (κ2) is 8.49. The Morgan fingerprint density at radius 1 is 1.21 bits per heavy atom. The van der Waals surface area contributed by atoms with Gasteiger partial charge in [-0.2, -0.15) is 0 Å². The molecule has 1 aliphatic rings. The molecule has 0 spiro atoms. The predicted octanol–water partition coefficient (Wildman–Crippen LogP) is 2.63. The van der Waals surface area contributed by atoms with Crippen molar-refractivity contribution in [3.63, 3.8) is 0 Å². The summed E-state index contributed by atoms with van der Waals surface area (Å²) >= 11 is 0. The maximum absolute atomic E-state index is 11.9. The minimum atomic E-state index is -0.337. The molecular formula is C19H29NO4. The van der Waals surface area contributed by atoms with E-state index in [4.69, 9.17) is 14.2 Å². The maximum atomic E-state index is 11.9. The Hall–Kier alpha value is -1.59. The molecule has 0 amide bonds. The number of morpholine rings is 1. The smallest absolute Gasteiger partial charge is 0.344 e. The molecule has 24 heavy (non-hydrogen) atoms. The molecule has 0 saturated carbocycles. The lowest BCUT2D eigenvalue weighted by Gasteiger charge is -2.28. The number of hydrogen-bond donors (Lipinski definition) is 0. The second-order valence-corrected chi connectivity index (χ2v) is 7.28. The molecule has 0 N–H and O–H groups in total. The van der Waals surface area contributed by atoms with Crippen LogP contribution in [0.3, 0.4) is 0 Å². The number of carbonyl (C=O) groups excluding carboxylic acids is 1. The summed E-state index contributed by atoms with van der Waals surface area (Å²) in [5.41, 5.74) is 1.34. The van der Waals surface area contributed by atoms with E-state index in [2.05, 4.69) is 25.7 Å². The van der Waals surface area contributed by atoms with Gasteiger partial charge >= 0.3 is 5.97 Å². The van der Waals surface area contributed by atoms with E-state index in [-0.39, 0.29) is 24.1 Å². The van der Waals surface area contributed by atoms with Crippen LogP contribution in [0.2, 0.25) is 0 Å². The number of esters is 1. The number of rotatable bonds is 6. The van der Waals surface area contributed by atoms with E-state index in [1.165, 1.54) is 5.56 Å². The van der Waals surface area contributed by atoms with E-state index in [0.29, 0.717) is 5.75 Å². The summed E-state index contributed by atoms with van der Waals surface area (Å²) in [6, 6.07) is 7.85. The summed E-state index contributed by atoms with van der Waals surface area (Å²) in [6.07, 6.45) is -0.150. The Kier molecular flexibility index (Phi) is 6.63. The SMILES string of the molecule is C[C@@H](CN1CCOCC1)OC(=O)COc1ccc(C(C)(C)C)cc1. The Labute approximate surface area is 144 Å². The highest BCUT2D eigenvalue weighted by Gasteiger charge is 2.17. The van der Waals surface area contributed by atoms with E-state index >= 15 is 0 Å². The largest absolute Gasteiger partial charge is 0.482 e. The first-order valence-electron chi connectivity index (χ1n) is 8.57. The number of nitrogens with zero attached hydrogens (tertiary/aromatic N) is 1. The minimum absolute atomic E-state index is 0.0671. The molecule has 1 saturated heterocycles. The molecule has 0 bridgehead atoms. The monoisotopic (exact) mass is 335 g/mol. The van der Waals surface area contributed by atoms with Crippen LogP contribution in [-0.4, -0.2) is 56.4 Å². The van der Waals surface area contributed by atoms with Crippen molar-refractivity contribution >= 4 is 5.97 Å². The van der Waals surface area contributed by atoms with Crippen molar-refractivity contribution in [2.75, 3.05) is 39.5 Å². The van der Waals surface area contributed by atoms with Gasteiger partial charge in [0.2, 0.25) is 0 Å². The summed E-state index contributed by atoms with van der Waals surface area (Å²) in [7, 11) is 0. The molecule has 1 aromatic carbocycles. The molecule has 0 radical (unpaired) electrons. The van der Waals surface area contributed by atoms with Gasteiger partial charge in [0.05, 0.1) is 13.2 Å². The molecule has 2 rings (SSSR count). The quantitative estimate of drug-likeness (QED) is 0.748. The van der Waals surface area contributed by atoms with E-state index in [9.17, 15) is 4.79 Å². The van der Waals surface area contributed by atoms with Crippen LogP contribution >= 0.6 is 0 Å². The molecule has 134 valence electrons. The van der Waals surface area contributed by atoms with Gasteiger partial charge in [0.15, 0.2) is 6.61 Å². The average molecular weight is 335 g/mol. The summed E-state index contributed by atoms with van der Waals surface area (Å²) in [6.45, 7) is 12.3. The van der Waals surface area contributed by atoms with Gasteiger partial charge < -0.3 is 14.2 Å². The minimum Gasteiger partial charge on any atom is -0.482 e. The number of benzene rings is 1. The summed E-state index contributed by atoms with van der Waals surface area (Å²) in [5.74, 6) is 0.344. The molecule has 1 fully saturated rings. The average Bonchev–Trinajstić information content (AvgIpc) is 2.53. The number of hydrogen-bond acceptors (Lipinski definition) is 5. The predicted molar refractivity (Wildman–Crippen MR) is 93.5 cm³/mol. The van der Waals surface area contributed by atoms with Crippen LogP contribution in [0.25, 0.3) is 0 Å². The zero-order chi connectivity index (χ0) is 17.6. The molecule has 1 atom stereocenters. The van der Waals surface area contributed by atoms with Crippen molar-refractivity contribution in [3.8, 4) is 5.75 Å². The third-order valence-electron chi connectivity index (χ3n) is 4.03. The van der Waals surface area contributed by atoms with Gasteiger partial charge in [0.1, 0.15) is 11.9 Å². The van der Waals surface area contributed by atoms with Crippen molar-refractivity contribution in [3.05, 3.63) is 29.8 Å². The van der Waals surface area contributed by atoms with Gasteiger partial charge in [-0.3, -0.25) is 4.90 Å². The maximum Gasteiger partial charge on any atom is 0.344 e. The highest BCUT2D eigenvalue weighted by Crippen LogP contribution is 2.24. The van der Waals surface area contributed by atoms with Crippen LogP contribution in [0.15, 0.2) is 24.3 Å². The van der Waals surface area contributed by atoms with E-state index in [1.54, 1.807) is 0 Å². The lowest BCUT2D eigenvalue weighted by atomic mass is 9.87. The molecule has 1 heterocycles. The standard InChI is InChI=1S/C19H29NO4/c1-15(13-20-9-11-22-12-10-20)24-18(21)14-23-17-7-5-16(6-8-17)19(2,3)4/h5-8,15H,9-14H2,1-4H3/t15-/m0/s1. The Morgan fingerprint density at radius 3 is 2.42 bits per heavy atom. The number of carbonyl (C=O) groups is 1. The summed E-state index contributed by atoms with van der Waals surface area (Å²) < 4.78 is 16.2. The van der Waals surface area contributed by atoms with E-state index in [0.717, 1.165) is 32.8 Å². The van der Waals surface area contributed by atoms with Gasteiger partial charge in [-0.05, 0) is 30.0 Å². The van der Waals surface area contributed by atoms with Gasteiger partial charge in [0, 0.05) is 19.6 Å². The fourth-order valence-corrected chi connectivity index (χ4v) is 2.64. The lowest BCUT2D eigenvalue weighted by molar-refractivity contribution is -0.151. The van der Waals surface area contributed by atoms with Gasteiger partial charge in [-0.1, -0.05) is 32.9 Å².